The van der Waals surface area contributed by atoms with E-state index >= 15 is 0 Å². The second-order valence-corrected chi connectivity index (χ2v) is 6.40. The fourth-order valence-electron chi connectivity index (χ4n) is 2.80. The van der Waals surface area contributed by atoms with E-state index in [0.717, 1.165) is 23.1 Å². The van der Waals surface area contributed by atoms with Crippen LogP contribution in [0.3, 0.4) is 0 Å². The molecule has 2 aromatic rings. The molecule has 4 nitrogen and oxygen atoms in total. The van der Waals surface area contributed by atoms with Crippen molar-refractivity contribution in [3.63, 3.8) is 0 Å². The van der Waals surface area contributed by atoms with Crippen molar-refractivity contribution in [2.45, 2.75) is 37.1 Å². The predicted octanol–water partition coefficient (Wildman–Crippen LogP) is 2.85. The van der Waals surface area contributed by atoms with Gasteiger partial charge >= 0.3 is 0 Å². The number of nitrogens with one attached hydrogen (secondary N) is 2. The summed E-state index contributed by atoms with van der Waals surface area (Å²) in [5, 5.41) is 11.8. The Balaban J connectivity index is 1.63. The van der Waals surface area contributed by atoms with Crippen LogP contribution in [0.2, 0.25) is 0 Å². The van der Waals surface area contributed by atoms with E-state index in [1.165, 1.54) is 24.8 Å². The van der Waals surface area contributed by atoms with Gasteiger partial charge in [-0.3, -0.25) is 10.1 Å². The van der Waals surface area contributed by atoms with Crippen LogP contribution in [-0.4, -0.2) is 32.7 Å². The highest BCUT2D eigenvalue weighted by Crippen LogP contribution is 2.28. The predicted molar refractivity (Wildman–Crippen MR) is 83.6 cm³/mol. The summed E-state index contributed by atoms with van der Waals surface area (Å²) < 4.78 is 0. The lowest BCUT2D eigenvalue weighted by molar-refractivity contribution is 0.525. The normalized spacial score (nSPS) is 22.2. The van der Waals surface area contributed by atoms with Gasteiger partial charge in [0.2, 0.25) is 0 Å². The quantitative estimate of drug-likeness (QED) is 0.888. The van der Waals surface area contributed by atoms with Crippen LogP contribution in [0.1, 0.15) is 24.8 Å². The van der Waals surface area contributed by atoms with Crippen molar-refractivity contribution in [2.75, 3.05) is 6.26 Å². The summed E-state index contributed by atoms with van der Waals surface area (Å²) in [4.78, 5) is 4.17. The summed E-state index contributed by atoms with van der Waals surface area (Å²) in [6, 6.07) is 4.65. The van der Waals surface area contributed by atoms with Gasteiger partial charge in [-0.15, -0.1) is 0 Å². The van der Waals surface area contributed by atoms with Crippen LogP contribution in [0.4, 0.5) is 0 Å². The molecule has 20 heavy (non-hydrogen) atoms. The van der Waals surface area contributed by atoms with E-state index in [-0.39, 0.29) is 0 Å². The zero-order valence-electron chi connectivity index (χ0n) is 11.7. The van der Waals surface area contributed by atoms with Crippen molar-refractivity contribution in [1.29, 1.82) is 0 Å². The Morgan fingerprint density at radius 2 is 2.35 bits per heavy atom. The Hall–Kier alpha value is -1.33. The molecule has 1 aliphatic carbocycles. The number of nitrogens with zero attached hydrogens (tertiary/aromatic N) is 2. The maximum atomic E-state index is 4.18. The van der Waals surface area contributed by atoms with E-state index in [1.807, 2.05) is 30.2 Å². The van der Waals surface area contributed by atoms with E-state index in [1.54, 1.807) is 6.20 Å². The van der Waals surface area contributed by atoms with Crippen molar-refractivity contribution in [3.05, 3.63) is 36.3 Å². The molecule has 2 N–H and O–H groups in total. The molecule has 0 aliphatic heterocycles. The number of hydrogen-bond acceptors (Lipinski definition) is 4. The van der Waals surface area contributed by atoms with E-state index in [9.17, 15) is 0 Å². The fourth-order valence-corrected chi connectivity index (χ4v) is 3.60. The lowest BCUT2D eigenvalue weighted by Gasteiger charge is -2.12. The number of rotatable bonds is 5. The minimum absolute atomic E-state index is 0.643. The smallest absolute Gasteiger partial charge is 0.0710 e. The van der Waals surface area contributed by atoms with E-state index < -0.39 is 0 Å². The molecule has 2 aromatic heterocycles. The Bertz CT molecular complexity index is 540. The van der Waals surface area contributed by atoms with Gasteiger partial charge in [-0.05, 0) is 37.7 Å². The molecule has 2 unspecified atom stereocenters. The van der Waals surface area contributed by atoms with Gasteiger partial charge in [-0.1, -0.05) is 0 Å². The molecule has 1 aliphatic rings. The van der Waals surface area contributed by atoms with Crippen molar-refractivity contribution in [3.8, 4) is 11.3 Å². The average molecular weight is 288 g/mol. The third-order valence-corrected chi connectivity index (χ3v) is 5.06. The van der Waals surface area contributed by atoms with Crippen molar-refractivity contribution < 1.29 is 0 Å². The van der Waals surface area contributed by atoms with Crippen molar-refractivity contribution in [2.24, 2.45) is 0 Å². The molecule has 2 atom stereocenters. The Morgan fingerprint density at radius 3 is 3.10 bits per heavy atom. The van der Waals surface area contributed by atoms with Crippen molar-refractivity contribution >= 4 is 11.8 Å². The first-order valence-corrected chi connectivity index (χ1v) is 8.34. The number of pyridine rings is 1. The van der Waals surface area contributed by atoms with Crippen LogP contribution in [0, 0.1) is 0 Å². The zero-order chi connectivity index (χ0) is 13.8. The molecule has 1 fully saturated rings. The molecule has 0 amide bonds. The molecule has 0 saturated heterocycles. The first-order chi connectivity index (χ1) is 9.86. The Morgan fingerprint density at radius 1 is 1.40 bits per heavy atom. The van der Waals surface area contributed by atoms with Gasteiger partial charge in [0.1, 0.15) is 0 Å². The van der Waals surface area contributed by atoms with Gasteiger partial charge < -0.3 is 5.32 Å². The summed E-state index contributed by atoms with van der Waals surface area (Å²) in [5.41, 5.74) is 3.38. The Kier molecular flexibility index (Phi) is 4.38. The third-order valence-electron chi connectivity index (χ3n) is 3.97. The first-order valence-electron chi connectivity index (χ1n) is 7.05. The molecule has 0 bridgehead atoms. The molecule has 0 aromatic carbocycles. The van der Waals surface area contributed by atoms with Crippen LogP contribution in [0.15, 0.2) is 30.7 Å². The standard InChI is InChI=1S/C15H20N4S/c1-20-14-5-4-13(7-14)17-9-12-10-18-19-15(12)11-3-2-6-16-8-11/h2-3,6,8,10,13-14,17H,4-5,7,9H2,1H3,(H,18,19). The van der Waals surface area contributed by atoms with Gasteiger partial charge in [0.25, 0.3) is 0 Å². The SMILES string of the molecule is CSC1CCC(NCc2cn[nH]c2-c2cccnc2)C1. The van der Waals surface area contributed by atoms with Crippen LogP contribution >= 0.6 is 11.8 Å². The van der Waals surface area contributed by atoms with Gasteiger partial charge in [0.05, 0.1) is 11.9 Å². The number of aromatic nitrogens is 3. The van der Waals surface area contributed by atoms with Gasteiger partial charge in [0, 0.05) is 41.4 Å². The molecular weight excluding hydrogens is 268 g/mol. The number of aromatic amines is 1. The average Bonchev–Trinajstić information content (AvgIpc) is 3.15. The van der Waals surface area contributed by atoms with Gasteiger partial charge in [-0.25, -0.2) is 0 Å². The topological polar surface area (TPSA) is 53.6 Å². The molecule has 3 rings (SSSR count). The molecule has 106 valence electrons. The molecular formula is C15H20N4S. The molecule has 5 heteroatoms. The van der Waals surface area contributed by atoms with Crippen LogP contribution in [-0.2, 0) is 6.54 Å². The van der Waals surface area contributed by atoms with E-state index in [0.29, 0.717) is 6.04 Å². The lowest BCUT2D eigenvalue weighted by Crippen LogP contribution is -2.26. The number of thioether (sulfide) groups is 1. The van der Waals surface area contributed by atoms with Crippen molar-refractivity contribution in [1.82, 2.24) is 20.5 Å². The highest BCUT2D eigenvalue weighted by atomic mass is 32.2. The monoisotopic (exact) mass is 288 g/mol. The summed E-state index contributed by atoms with van der Waals surface area (Å²) in [6.07, 6.45) is 11.7. The minimum Gasteiger partial charge on any atom is -0.310 e. The molecule has 2 heterocycles. The summed E-state index contributed by atoms with van der Waals surface area (Å²) >= 11 is 1.99. The summed E-state index contributed by atoms with van der Waals surface area (Å²) in [5.74, 6) is 0. The highest BCUT2D eigenvalue weighted by molar-refractivity contribution is 7.99. The molecule has 0 spiro atoms. The Labute approximate surface area is 123 Å². The second kappa shape index (κ2) is 6.41. The summed E-state index contributed by atoms with van der Waals surface area (Å²) in [7, 11) is 0. The third kappa shape index (κ3) is 3.04. The molecule has 0 radical (unpaired) electrons. The van der Waals surface area contributed by atoms with Gasteiger partial charge in [0.15, 0.2) is 0 Å². The van der Waals surface area contributed by atoms with E-state index in [2.05, 4.69) is 32.8 Å². The summed E-state index contributed by atoms with van der Waals surface area (Å²) in [6.45, 7) is 0.868. The highest BCUT2D eigenvalue weighted by Gasteiger charge is 2.23. The van der Waals surface area contributed by atoms with Crippen LogP contribution in [0.5, 0.6) is 0 Å². The van der Waals surface area contributed by atoms with E-state index in [4.69, 9.17) is 0 Å². The maximum absolute atomic E-state index is 4.18. The minimum atomic E-state index is 0.643. The maximum Gasteiger partial charge on any atom is 0.0710 e. The second-order valence-electron chi connectivity index (χ2n) is 5.26. The molecule has 1 saturated carbocycles. The number of hydrogen-bond donors (Lipinski definition) is 2. The first kappa shape index (κ1) is 13.6. The van der Waals surface area contributed by atoms with Gasteiger partial charge in [-0.2, -0.15) is 16.9 Å². The fraction of sp³-hybridized carbons (Fsp3) is 0.467. The number of H-pyrrole nitrogens is 1. The zero-order valence-corrected chi connectivity index (χ0v) is 12.5. The lowest BCUT2D eigenvalue weighted by atomic mass is 10.1. The van der Waals surface area contributed by atoms with Crippen LogP contribution < -0.4 is 5.32 Å². The van der Waals surface area contributed by atoms with Crippen LogP contribution in [0.25, 0.3) is 11.3 Å². The largest absolute Gasteiger partial charge is 0.310 e.